The van der Waals surface area contributed by atoms with Crippen LogP contribution in [0.3, 0.4) is 0 Å². The third-order valence-electron chi connectivity index (χ3n) is 2.53. The maximum atomic E-state index is 11.9. The number of amides is 1. The molecule has 2 saturated heterocycles. The quantitative estimate of drug-likeness (QED) is 0.712. The molecule has 1 amide bonds. The van der Waals surface area contributed by atoms with Crippen LogP contribution in [0.25, 0.3) is 0 Å². The van der Waals surface area contributed by atoms with Crippen molar-refractivity contribution in [2.45, 2.75) is 6.10 Å². The van der Waals surface area contributed by atoms with E-state index < -0.39 is 0 Å². The topological polar surface area (TPSA) is 41.6 Å². The normalized spacial score (nSPS) is 26.9. The second-order valence-electron chi connectivity index (χ2n) is 3.50. The van der Waals surface area contributed by atoms with Crippen LogP contribution in [0.15, 0.2) is 0 Å². The van der Waals surface area contributed by atoms with Crippen LogP contribution in [0, 0.1) is 0 Å². The van der Waals surface area contributed by atoms with Crippen molar-refractivity contribution in [2.75, 3.05) is 44.3 Å². The fourth-order valence-electron chi connectivity index (χ4n) is 1.71. The van der Waals surface area contributed by atoms with Gasteiger partial charge >= 0.3 is 0 Å². The second-order valence-corrected chi connectivity index (χ2v) is 4.73. The molecule has 15 heavy (non-hydrogen) atoms. The standard InChI is InChI=1S/C9H16N2O2S.ClH/c12-9(8-7-10-1-4-13-8)11-2-5-14-6-3-11;/h8,10H,1-7H2;1H/t8-;/m1./s1. The number of nitrogens with zero attached hydrogens (tertiary/aromatic N) is 1. The van der Waals surface area contributed by atoms with Crippen molar-refractivity contribution < 1.29 is 9.53 Å². The highest BCUT2D eigenvalue weighted by Gasteiger charge is 2.27. The van der Waals surface area contributed by atoms with Crippen LogP contribution in [-0.4, -0.2) is 61.2 Å². The Morgan fingerprint density at radius 1 is 1.40 bits per heavy atom. The molecule has 0 aromatic carbocycles. The van der Waals surface area contributed by atoms with Gasteiger partial charge in [0.05, 0.1) is 6.61 Å². The Bertz CT molecular complexity index is 186. The fraction of sp³-hybridized carbons (Fsp3) is 0.889. The minimum Gasteiger partial charge on any atom is -0.366 e. The van der Waals surface area contributed by atoms with E-state index in [1.807, 2.05) is 16.7 Å². The summed E-state index contributed by atoms with van der Waals surface area (Å²) in [7, 11) is 0. The van der Waals surface area contributed by atoms with Crippen LogP contribution in [0.5, 0.6) is 0 Å². The van der Waals surface area contributed by atoms with Gasteiger partial charge in [-0.05, 0) is 0 Å². The number of halogens is 1. The number of carbonyl (C=O) groups excluding carboxylic acids is 1. The van der Waals surface area contributed by atoms with Crippen LogP contribution < -0.4 is 5.32 Å². The van der Waals surface area contributed by atoms with Crippen molar-refractivity contribution in [1.29, 1.82) is 0 Å². The summed E-state index contributed by atoms with van der Waals surface area (Å²) in [6, 6.07) is 0. The first-order chi connectivity index (χ1) is 6.88. The Kier molecular flexibility index (Phi) is 5.74. The molecule has 1 N–H and O–H groups in total. The molecule has 6 heteroatoms. The first-order valence-corrected chi connectivity index (χ1v) is 6.22. The molecule has 0 saturated carbocycles. The first-order valence-electron chi connectivity index (χ1n) is 5.07. The molecule has 1 atom stereocenters. The number of thioether (sulfide) groups is 1. The zero-order valence-electron chi connectivity index (χ0n) is 8.61. The van der Waals surface area contributed by atoms with Crippen molar-refractivity contribution in [3.05, 3.63) is 0 Å². The van der Waals surface area contributed by atoms with Crippen molar-refractivity contribution in [3.63, 3.8) is 0 Å². The number of ether oxygens (including phenoxy) is 1. The third kappa shape index (κ3) is 3.52. The van der Waals surface area contributed by atoms with E-state index in [0.29, 0.717) is 13.2 Å². The minimum absolute atomic E-state index is 0. The summed E-state index contributed by atoms with van der Waals surface area (Å²) in [5.74, 6) is 2.29. The van der Waals surface area contributed by atoms with Crippen molar-refractivity contribution in [3.8, 4) is 0 Å². The molecular weight excluding hydrogens is 236 g/mol. The Morgan fingerprint density at radius 2 is 2.13 bits per heavy atom. The monoisotopic (exact) mass is 252 g/mol. The lowest BCUT2D eigenvalue weighted by atomic mass is 10.2. The molecule has 0 aliphatic carbocycles. The zero-order valence-corrected chi connectivity index (χ0v) is 10.2. The van der Waals surface area contributed by atoms with Gasteiger partial charge in [-0.25, -0.2) is 0 Å². The summed E-state index contributed by atoms with van der Waals surface area (Å²) in [5.41, 5.74) is 0. The van der Waals surface area contributed by atoms with Crippen LogP contribution in [0.1, 0.15) is 0 Å². The van der Waals surface area contributed by atoms with Gasteiger partial charge in [-0.2, -0.15) is 11.8 Å². The summed E-state index contributed by atoms with van der Waals surface area (Å²) >= 11 is 1.91. The molecule has 0 radical (unpaired) electrons. The molecule has 4 nitrogen and oxygen atoms in total. The minimum atomic E-state index is -0.244. The molecule has 2 heterocycles. The number of morpholine rings is 1. The average molecular weight is 253 g/mol. The van der Waals surface area contributed by atoms with Crippen LogP contribution in [0.2, 0.25) is 0 Å². The van der Waals surface area contributed by atoms with Gasteiger partial charge in [-0.1, -0.05) is 0 Å². The molecule has 0 bridgehead atoms. The van der Waals surface area contributed by atoms with Gasteiger partial charge in [-0.3, -0.25) is 4.79 Å². The van der Waals surface area contributed by atoms with Gasteiger partial charge < -0.3 is 15.0 Å². The smallest absolute Gasteiger partial charge is 0.253 e. The van der Waals surface area contributed by atoms with Gasteiger partial charge in [-0.15, -0.1) is 12.4 Å². The zero-order chi connectivity index (χ0) is 9.80. The number of rotatable bonds is 1. The molecule has 0 unspecified atom stereocenters. The third-order valence-corrected chi connectivity index (χ3v) is 3.47. The highest BCUT2D eigenvalue weighted by Crippen LogP contribution is 2.11. The Balaban J connectivity index is 0.00000112. The van der Waals surface area contributed by atoms with Gasteiger partial charge in [0.15, 0.2) is 0 Å². The fourth-order valence-corrected chi connectivity index (χ4v) is 2.61. The largest absolute Gasteiger partial charge is 0.366 e. The number of carbonyl (C=O) groups is 1. The van der Waals surface area contributed by atoms with Crippen molar-refractivity contribution >= 4 is 30.1 Å². The van der Waals surface area contributed by atoms with E-state index in [0.717, 1.165) is 31.1 Å². The Hall–Kier alpha value is 0.0300. The molecule has 88 valence electrons. The van der Waals surface area contributed by atoms with E-state index in [1.165, 1.54) is 0 Å². The summed E-state index contributed by atoms with van der Waals surface area (Å²) in [5, 5.41) is 3.18. The van der Waals surface area contributed by atoms with E-state index >= 15 is 0 Å². The lowest BCUT2D eigenvalue weighted by molar-refractivity contribution is -0.144. The molecule has 2 aliphatic rings. The van der Waals surface area contributed by atoms with Gasteiger partial charge in [0.2, 0.25) is 0 Å². The van der Waals surface area contributed by atoms with Crippen molar-refractivity contribution in [1.82, 2.24) is 10.2 Å². The molecule has 2 fully saturated rings. The predicted molar refractivity (Wildman–Crippen MR) is 63.8 cm³/mol. The second kappa shape index (κ2) is 6.58. The average Bonchev–Trinajstić information content (AvgIpc) is 2.30. The number of hydrogen-bond donors (Lipinski definition) is 1. The SMILES string of the molecule is Cl.O=C([C@H]1CNCCO1)N1CCSCC1. The van der Waals surface area contributed by atoms with Crippen LogP contribution >= 0.6 is 24.2 Å². The van der Waals surface area contributed by atoms with Crippen LogP contribution in [0.4, 0.5) is 0 Å². The van der Waals surface area contributed by atoms with E-state index in [9.17, 15) is 4.79 Å². The van der Waals surface area contributed by atoms with E-state index in [1.54, 1.807) is 0 Å². The molecule has 2 aliphatic heterocycles. The highest BCUT2D eigenvalue weighted by molar-refractivity contribution is 7.99. The molecule has 0 aromatic rings. The maximum absolute atomic E-state index is 11.9. The lowest BCUT2D eigenvalue weighted by Crippen LogP contribution is -2.51. The summed E-state index contributed by atoms with van der Waals surface area (Å²) in [6.07, 6.45) is -0.244. The molecular formula is C9H17ClN2O2S. The lowest BCUT2D eigenvalue weighted by Gasteiger charge is -2.31. The van der Waals surface area contributed by atoms with Gasteiger partial charge in [0, 0.05) is 37.7 Å². The predicted octanol–water partition coefficient (Wildman–Crippen LogP) is -0.0280. The number of nitrogens with one attached hydrogen (secondary N) is 1. The maximum Gasteiger partial charge on any atom is 0.253 e. The van der Waals surface area contributed by atoms with Crippen molar-refractivity contribution in [2.24, 2.45) is 0 Å². The summed E-state index contributed by atoms with van der Waals surface area (Å²) in [6.45, 7) is 3.94. The van der Waals surface area contributed by atoms with E-state index in [2.05, 4.69) is 5.32 Å². The number of hydrogen-bond acceptors (Lipinski definition) is 4. The van der Waals surface area contributed by atoms with E-state index in [-0.39, 0.29) is 24.4 Å². The Morgan fingerprint density at radius 3 is 2.73 bits per heavy atom. The summed E-state index contributed by atoms with van der Waals surface area (Å²) in [4.78, 5) is 13.8. The molecule has 0 aromatic heterocycles. The van der Waals surface area contributed by atoms with Gasteiger partial charge in [0.1, 0.15) is 6.10 Å². The van der Waals surface area contributed by atoms with E-state index in [4.69, 9.17) is 4.74 Å². The Labute approximate surface area is 101 Å². The summed E-state index contributed by atoms with van der Waals surface area (Å²) < 4.78 is 5.43. The first kappa shape index (κ1) is 13.1. The van der Waals surface area contributed by atoms with Gasteiger partial charge in [0.25, 0.3) is 5.91 Å². The molecule has 2 rings (SSSR count). The molecule has 0 spiro atoms. The van der Waals surface area contributed by atoms with Crippen LogP contribution in [-0.2, 0) is 9.53 Å². The highest BCUT2D eigenvalue weighted by atomic mass is 35.5.